The Kier molecular flexibility index (Phi) is 6.82. The summed E-state index contributed by atoms with van der Waals surface area (Å²) in [4.78, 5) is 12.6. The SMILES string of the molecule is O=C(Nc1cccc(S(=O)(=O)C2CCCC2)c1)c1ccc(COCC(F)(F)F)cc1. The molecule has 2 aromatic rings. The highest BCUT2D eigenvalue weighted by Gasteiger charge is 2.30. The van der Waals surface area contributed by atoms with Gasteiger partial charge in [0.25, 0.3) is 5.91 Å². The average Bonchev–Trinajstić information content (AvgIpc) is 3.23. The van der Waals surface area contributed by atoms with Gasteiger partial charge in [0.05, 0.1) is 16.8 Å². The Labute approximate surface area is 173 Å². The fourth-order valence-electron chi connectivity index (χ4n) is 3.38. The molecule has 30 heavy (non-hydrogen) atoms. The van der Waals surface area contributed by atoms with Crippen LogP contribution in [-0.4, -0.2) is 32.4 Å². The molecule has 0 unspecified atom stereocenters. The van der Waals surface area contributed by atoms with Crippen LogP contribution in [0.4, 0.5) is 18.9 Å². The van der Waals surface area contributed by atoms with Crippen LogP contribution in [-0.2, 0) is 21.2 Å². The number of carbonyl (C=O) groups excluding carboxylic acids is 1. The van der Waals surface area contributed by atoms with Crippen LogP contribution in [0.1, 0.15) is 41.6 Å². The summed E-state index contributed by atoms with van der Waals surface area (Å²) in [5.41, 5.74) is 1.15. The third kappa shape index (κ3) is 5.82. The molecule has 1 aliphatic carbocycles. The number of sulfone groups is 1. The van der Waals surface area contributed by atoms with Crippen molar-refractivity contribution in [2.45, 2.75) is 48.6 Å². The van der Waals surface area contributed by atoms with Crippen LogP contribution >= 0.6 is 0 Å². The van der Waals surface area contributed by atoms with Gasteiger partial charge in [0.2, 0.25) is 0 Å². The van der Waals surface area contributed by atoms with Crippen molar-refractivity contribution < 1.29 is 31.1 Å². The first kappa shape index (κ1) is 22.3. The second kappa shape index (κ2) is 9.18. The van der Waals surface area contributed by atoms with Crippen molar-refractivity contribution in [3.63, 3.8) is 0 Å². The lowest BCUT2D eigenvalue weighted by atomic mass is 10.1. The fourth-order valence-corrected chi connectivity index (χ4v) is 5.28. The minimum Gasteiger partial charge on any atom is -0.367 e. The van der Waals surface area contributed by atoms with E-state index in [9.17, 15) is 26.4 Å². The molecule has 3 rings (SSSR count). The molecule has 0 radical (unpaired) electrons. The van der Waals surface area contributed by atoms with E-state index in [0.717, 1.165) is 12.8 Å². The summed E-state index contributed by atoms with van der Waals surface area (Å²) in [7, 11) is -3.43. The minimum atomic E-state index is -4.39. The van der Waals surface area contributed by atoms with Gasteiger partial charge in [0.1, 0.15) is 6.61 Å². The minimum absolute atomic E-state index is 0.185. The van der Waals surface area contributed by atoms with Gasteiger partial charge in [-0.1, -0.05) is 31.0 Å². The van der Waals surface area contributed by atoms with E-state index in [1.807, 2.05) is 0 Å². The number of ether oxygens (including phenoxy) is 1. The summed E-state index contributed by atoms with van der Waals surface area (Å²) in [6.07, 6.45) is -1.29. The van der Waals surface area contributed by atoms with Gasteiger partial charge >= 0.3 is 6.18 Å². The van der Waals surface area contributed by atoms with Gasteiger partial charge in [-0.3, -0.25) is 4.79 Å². The van der Waals surface area contributed by atoms with Crippen LogP contribution in [0.2, 0.25) is 0 Å². The van der Waals surface area contributed by atoms with Crippen molar-refractivity contribution >= 4 is 21.4 Å². The highest BCUT2D eigenvalue weighted by Crippen LogP contribution is 2.30. The topological polar surface area (TPSA) is 72.5 Å². The number of benzene rings is 2. The molecule has 1 fully saturated rings. The zero-order chi connectivity index (χ0) is 21.8. The van der Waals surface area contributed by atoms with E-state index in [0.29, 0.717) is 29.7 Å². The van der Waals surface area contributed by atoms with Crippen molar-refractivity contribution in [3.05, 3.63) is 59.7 Å². The van der Waals surface area contributed by atoms with E-state index in [1.54, 1.807) is 12.1 Å². The number of halogens is 3. The number of hydrogen-bond donors (Lipinski definition) is 1. The number of rotatable bonds is 7. The smallest absolute Gasteiger partial charge is 0.367 e. The lowest BCUT2D eigenvalue weighted by Crippen LogP contribution is -2.18. The number of hydrogen-bond acceptors (Lipinski definition) is 4. The van der Waals surface area contributed by atoms with Crippen LogP contribution in [0.3, 0.4) is 0 Å². The van der Waals surface area contributed by atoms with E-state index in [2.05, 4.69) is 10.1 Å². The standard InChI is InChI=1S/C21H22F3NO4S/c22-21(23,24)14-29-13-15-8-10-16(11-9-15)20(26)25-17-4-3-7-19(12-17)30(27,28)18-5-1-2-6-18/h3-4,7-12,18H,1-2,5-6,13-14H2,(H,25,26). The van der Waals surface area contributed by atoms with Gasteiger partial charge in [-0.2, -0.15) is 13.2 Å². The van der Waals surface area contributed by atoms with Gasteiger partial charge in [-0.05, 0) is 48.7 Å². The maximum atomic E-state index is 12.7. The molecule has 1 aliphatic rings. The van der Waals surface area contributed by atoms with Crippen molar-refractivity contribution in [1.82, 2.24) is 0 Å². The van der Waals surface area contributed by atoms with E-state index < -0.39 is 28.5 Å². The third-order valence-electron chi connectivity index (χ3n) is 4.91. The number of carbonyl (C=O) groups is 1. The normalized spacial score (nSPS) is 15.3. The van der Waals surface area contributed by atoms with Crippen LogP contribution in [0.25, 0.3) is 0 Å². The van der Waals surface area contributed by atoms with Gasteiger partial charge in [-0.25, -0.2) is 8.42 Å². The molecule has 0 aromatic heterocycles. The molecule has 162 valence electrons. The Morgan fingerprint density at radius 3 is 2.37 bits per heavy atom. The zero-order valence-electron chi connectivity index (χ0n) is 16.1. The Hall–Kier alpha value is -2.39. The average molecular weight is 441 g/mol. The van der Waals surface area contributed by atoms with E-state index >= 15 is 0 Å². The van der Waals surface area contributed by atoms with Gasteiger partial charge in [0.15, 0.2) is 9.84 Å². The molecule has 0 heterocycles. The summed E-state index contributed by atoms with van der Waals surface area (Å²) in [5.74, 6) is -0.451. The Bertz CT molecular complexity index is 982. The number of alkyl halides is 3. The molecule has 5 nitrogen and oxygen atoms in total. The maximum Gasteiger partial charge on any atom is 0.411 e. The molecule has 0 bridgehead atoms. The molecule has 0 aliphatic heterocycles. The number of anilines is 1. The number of amides is 1. The van der Waals surface area contributed by atoms with Crippen molar-refractivity contribution in [2.24, 2.45) is 0 Å². The predicted octanol–water partition coefficient (Wildman–Crippen LogP) is 4.73. The molecule has 1 amide bonds. The second-order valence-corrected chi connectivity index (χ2v) is 9.47. The monoisotopic (exact) mass is 441 g/mol. The first-order valence-electron chi connectivity index (χ1n) is 9.54. The van der Waals surface area contributed by atoms with Gasteiger partial charge in [-0.15, -0.1) is 0 Å². The molecular formula is C21H22F3NO4S. The molecule has 2 aromatic carbocycles. The Morgan fingerprint density at radius 2 is 1.73 bits per heavy atom. The lowest BCUT2D eigenvalue weighted by Gasteiger charge is -2.13. The largest absolute Gasteiger partial charge is 0.411 e. The summed E-state index contributed by atoms with van der Waals surface area (Å²) in [6.45, 7) is -1.56. The van der Waals surface area contributed by atoms with E-state index in [4.69, 9.17) is 0 Å². The van der Waals surface area contributed by atoms with Gasteiger partial charge in [0, 0.05) is 11.3 Å². The molecule has 0 saturated heterocycles. The van der Waals surface area contributed by atoms with E-state index in [1.165, 1.54) is 36.4 Å². The Morgan fingerprint density at radius 1 is 1.07 bits per heavy atom. The van der Waals surface area contributed by atoms with Crippen LogP contribution in [0.5, 0.6) is 0 Å². The van der Waals surface area contributed by atoms with Crippen LogP contribution in [0, 0.1) is 0 Å². The maximum absolute atomic E-state index is 12.7. The predicted molar refractivity (Wildman–Crippen MR) is 106 cm³/mol. The summed E-state index contributed by atoms with van der Waals surface area (Å²) in [6, 6.07) is 12.1. The highest BCUT2D eigenvalue weighted by atomic mass is 32.2. The van der Waals surface area contributed by atoms with Crippen molar-refractivity contribution in [2.75, 3.05) is 11.9 Å². The van der Waals surface area contributed by atoms with Crippen molar-refractivity contribution in [3.8, 4) is 0 Å². The summed E-state index contributed by atoms with van der Waals surface area (Å²) < 4.78 is 66.4. The zero-order valence-corrected chi connectivity index (χ0v) is 16.9. The number of nitrogens with one attached hydrogen (secondary N) is 1. The van der Waals surface area contributed by atoms with E-state index in [-0.39, 0.29) is 16.8 Å². The lowest BCUT2D eigenvalue weighted by molar-refractivity contribution is -0.176. The highest BCUT2D eigenvalue weighted by molar-refractivity contribution is 7.92. The van der Waals surface area contributed by atoms with Crippen molar-refractivity contribution in [1.29, 1.82) is 0 Å². The molecule has 1 saturated carbocycles. The van der Waals surface area contributed by atoms with Gasteiger partial charge < -0.3 is 10.1 Å². The Balaban J connectivity index is 1.63. The van der Waals surface area contributed by atoms with Crippen LogP contribution < -0.4 is 5.32 Å². The fraction of sp³-hybridized carbons (Fsp3) is 0.381. The third-order valence-corrected chi connectivity index (χ3v) is 7.17. The first-order valence-corrected chi connectivity index (χ1v) is 11.1. The summed E-state index contributed by atoms with van der Waals surface area (Å²) >= 11 is 0. The first-order chi connectivity index (χ1) is 14.1. The second-order valence-electron chi connectivity index (χ2n) is 7.24. The molecular weight excluding hydrogens is 419 g/mol. The molecule has 0 atom stereocenters. The summed E-state index contributed by atoms with van der Waals surface area (Å²) in [5, 5.41) is 2.28. The molecule has 9 heteroatoms. The van der Waals surface area contributed by atoms with Crippen LogP contribution in [0.15, 0.2) is 53.4 Å². The quantitative estimate of drug-likeness (QED) is 0.674. The molecule has 1 N–H and O–H groups in total. The molecule has 0 spiro atoms.